The average Bonchev–Trinajstić information content (AvgIpc) is 2.25. The lowest BCUT2D eigenvalue weighted by atomic mass is 10.2. The Bertz CT molecular complexity index is 377. The van der Waals surface area contributed by atoms with Gasteiger partial charge in [-0.1, -0.05) is 26.0 Å². The van der Waals surface area contributed by atoms with Crippen LogP contribution in [0.15, 0.2) is 24.3 Å². The summed E-state index contributed by atoms with van der Waals surface area (Å²) in [7, 11) is 1.76. The molecule has 0 atom stereocenters. The molecule has 0 bridgehead atoms. The van der Waals surface area contributed by atoms with Crippen molar-refractivity contribution in [3.05, 3.63) is 29.8 Å². The molecule has 0 radical (unpaired) electrons. The maximum absolute atomic E-state index is 11.7. The van der Waals surface area contributed by atoms with Gasteiger partial charge >= 0.3 is 0 Å². The van der Waals surface area contributed by atoms with Crippen molar-refractivity contribution in [2.75, 3.05) is 13.6 Å². The predicted molar refractivity (Wildman–Crippen MR) is 67.7 cm³/mol. The number of hydrogen-bond acceptors (Lipinski definition) is 3. The Morgan fingerprint density at radius 1 is 1.47 bits per heavy atom. The van der Waals surface area contributed by atoms with Crippen LogP contribution in [-0.4, -0.2) is 35.5 Å². The standard InChI is InChI=1S/C13H20N2O2/c1-10(2)14-8-13(17)15(3)9-11-5-4-6-12(16)7-11/h4-7,10,14,16H,8-9H2,1-3H3. The minimum Gasteiger partial charge on any atom is -0.508 e. The van der Waals surface area contributed by atoms with Gasteiger partial charge in [-0.3, -0.25) is 4.79 Å². The summed E-state index contributed by atoms with van der Waals surface area (Å²) >= 11 is 0. The second-order valence-electron chi connectivity index (χ2n) is 4.46. The maximum Gasteiger partial charge on any atom is 0.236 e. The van der Waals surface area contributed by atoms with E-state index < -0.39 is 0 Å². The molecular weight excluding hydrogens is 216 g/mol. The number of rotatable bonds is 5. The van der Waals surface area contributed by atoms with E-state index in [1.54, 1.807) is 30.1 Å². The number of likely N-dealkylation sites (N-methyl/N-ethyl adjacent to an activating group) is 1. The van der Waals surface area contributed by atoms with E-state index in [1.165, 1.54) is 0 Å². The molecule has 0 saturated heterocycles. The van der Waals surface area contributed by atoms with E-state index in [2.05, 4.69) is 5.32 Å². The van der Waals surface area contributed by atoms with Crippen molar-refractivity contribution >= 4 is 5.91 Å². The molecule has 0 aliphatic rings. The van der Waals surface area contributed by atoms with Crippen LogP contribution in [0.3, 0.4) is 0 Å². The van der Waals surface area contributed by atoms with Crippen LogP contribution >= 0.6 is 0 Å². The van der Waals surface area contributed by atoms with Crippen LogP contribution in [0.25, 0.3) is 0 Å². The second kappa shape index (κ2) is 6.25. The maximum atomic E-state index is 11.7. The highest BCUT2D eigenvalue weighted by Gasteiger charge is 2.09. The third kappa shape index (κ3) is 4.87. The molecule has 0 saturated carbocycles. The lowest BCUT2D eigenvalue weighted by Crippen LogP contribution is -2.37. The van der Waals surface area contributed by atoms with Gasteiger partial charge in [0, 0.05) is 19.6 Å². The highest BCUT2D eigenvalue weighted by molar-refractivity contribution is 5.78. The molecule has 0 heterocycles. The number of carbonyl (C=O) groups is 1. The molecule has 0 fully saturated rings. The number of hydrogen-bond donors (Lipinski definition) is 2. The largest absolute Gasteiger partial charge is 0.508 e. The van der Waals surface area contributed by atoms with Gasteiger partial charge in [0.25, 0.3) is 0 Å². The van der Waals surface area contributed by atoms with Crippen LogP contribution in [0.4, 0.5) is 0 Å². The Kier molecular flexibility index (Phi) is 4.97. The summed E-state index contributed by atoms with van der Waals surface area (Å²) in [4.78, 5) is 13.4. The second-order valence-corrected chi connectivity index (χ2v) is 4.46. The van der Waals surface area contributed by atoms with Gasteiger partial charge in [-0.2, -0.15) is 0 Å². The van der Waals surface area contributed by atoms with E-state index in [9.17, 15) is 9.90 Å². The van der Waals surface area contributed by atoms with E-state index in [1.807, 2.05) is 19.9 Å². The van der Waals surface area contributed by atoms with Gasteiger partial charge in [0.15, 0.2) is 0 Å². The van der Waals surface area contributed by atoms with Gasteiger partial charge in [0.2, 0.25) is 5.91 Å². The monoisotopic (exact) mass is 236 g/mol. The summed E-state index contributed by atoms with van der Waals surface area (Å²) in [6, 6.07) is 7.24. The molecule has 0 aliphatic carbocycles. The van der Waals surface area contributed by atoms with E-state index in [4.69, 9.17) is 0 Å². The fourth-order valence-corrected chi connectivity index (χ4v) is 1.44. The Labute approximate surface area is 102 Å². The molecule has 4 heteroatoms. The highest BCUT2D eigenvalue weighted by Crippen LogP contribution is 2.12. The van der Waals surface area contributed by atoms with Gasteiger partial charge in [0.1, 0.15) is 5.75 Å². The number of nitrogens with zero attached hydrogens (tertiary/aromatic N) is 1. The van der Waals surface area contributed by atoms with Crippen LogP contribution in [0, 0.1) is 0 Å². The quantitative estimate of drug-likeness (QED) is 0.811. The van der Waals surface area contributed by atoms with Crippen molar-refractivity contribution in [3.63, 3.8) is 0 Å². The van der Waals surface area contributed by atoms with E-state index in [-0.39, 0.29) is 11.7 Å². The smallest absolute Gasteiger partial charge is 0.236 e. The van der Waals surface area contributed by atoms with Crippen molar-refractivity contribution in [2.24, 2.45) is 0 Å². The first-order chi connectivity index (χ1) is 7.99. The number of phenolic OH excluding ortho intramolecular Hbond substituents is 1. The fraction of sp³-hybridized carbons (Fsp3) is 0.462. The van der Waals surface area contributed by atoms with Crippen molar-refractivity contribution in [1.29, 1.82) is 0 Å². The zero-order valence-corrected chi connectivity index (χ0v) is 10.6. The molecule has 1 amide bonds. The lowest BCUT2D eigenvalue weighted by molar-refractivity contribution is -0.129. The van der Waals surface area contributed by atoms with E-state index in [0.29, 0.717) is 19.1 Å². The third-order valence-electron chi connectivity index (χ3n) is 2.42. The van der Waals surface area contributed by atoms with Gasteiger partial charge in [-0.25, -0.2) is 0 Å². The first-order valence-corrected chi connectivity index (χ1v) is 5.74. The van der Waals surface area contributed by atoms with Crippen molar-refractivity contribution in [1.82, 2.24) is 10.2 Å². The average molecular weight is 236 g/mol. The summed E-state index contributed by atoms with van der Waals surface area (Å²) in [5.41, 5.74) is 0.922. The Hall–Kier alpha value is -1.55. The van der Waals surface area contributed by atoms with Crippen LogP contribution in [-0.2, 0) is 11.3 Å². The normalized spacial score (nSPS) is 10.6. The summed E-state index contributed by atoms with van der Waals surface area (Å²) in [5, 5.41) is 12.4. The Morgan fingerprint density at radius 3 is 2.76 bits per heavy atom. The summed E-state index contributed by atoms with van der Waals surface area (Å²) in [6.45, 7) is 4.85. The zero-order valence-electron chi connectivity index (χ0n) is 10.6. The van der Waals surface area contributed by atoms with Gasteiger partial charge in [-0.05, 0) is 17.7 Å². The zero-order chi connectivity index (χ0) is 12.8. The van der Waals surface area contributed by atoms with Crippen LogP contribution < -0.4 is 5.32 Å². The summed E-state index contributed by atoms with van der Waals surface area (Å²) in [5.74, 6) is 0.269. The van der Waals surface area contributed by atoms with E-state index in [0.717, 1.165) is 5.56 Å². The fourth-order valence-electron chi connectivity index (χ4n) is 1.44. The minimum absolute atomic E-state index is 0.0436. The molecule has 17 heavy (non-hydrogen) atoms. The number of aromatic hydroxyl groups is 1. The Morgan fingerprint density at radius 2 is 2.18 bits per heavy atom. The molecule has 1 aromatic rings. The number of amides is 1. The summed E-state index contributed by atoms with van der Waals surface area (Å²) in [6.07, 6.45) is 0. The number of phenols is 1. The number of carbonyl (C=O) groups excluding carboxylic acids is 1. The predicted octanol–water partition coefficient (Wildman–Crippen LogP) is 1.35. The molecule has 1 rings (SSSR count). The van der Waals surface area contributed by atoms with Gasteiger partial charge < -0.3 is 15.3 Å². The highest BCUT2D eigenvalue weighted by atomic mass is 16.3. The Balaban J connectivity index is 2.48. The SMILES string of the molecule is CC(C)NCC(=O)N(C)Cc1cccc(O)c1. The van der Waals surface area contributed by atoms with Crippen molar-refractivity contribution < 1.29 is 9.90 Å². The van der Waals surface area contributed by atoms with Gasteiger partial charge in [-0.15, -0.1) is 0 Å². The molecule has 4 nitrogen and oxygen atoms in total. The van der Waals surface area contributed by atoms with E-state index >= 15 is 0 Å². The molecule has 0 aliphatic heterocycles. The molecular formula is C13H20N2O2. The topological polar surface area (TPSA) is 52.6 Å². The molecule has 2 N–H and O–H groups in total. The van der Waals surface area contributed by atoms with Crippen LogP contribution in [0.1, 0.15) is 19.4 Å². The minimum atomic E-state index is 0.0436. The van der Waals surface area contributed by atoms with Crippen molar-refractivity contribution in [2.45, 2.75) is 26.4 Å². The van der Waals surface area contributed by atoms with Gasteiger partial charge in [0.05, 0.1) is 6.54 Å². The molecule has 0 unspecified atom stereocenters. The number of benzene rings is 1. The number of nitrogens with one attached hydrogen (secondary N) is 1. The molecule has 94 valence electrons. The summed E-state index contributed by atoms with van der Waals surface area (Å²) < 4.78 is 0. The lowest BCUT2D eigenvalue weighted by Gasteiger charge is -2.18. The van der Waals surface area contributed by atoms with Crippen LogP contribution in [0.2, 0.25) is 0 Å². The molecule has 0 aromatic heterocycles. The van der Waals surface area contributed by atoms with Crippen LogP contribution in [0.5, 0.6) is 5.75 Å². The first-order valence-electron chi connectivity index (χ1n) is 5.74. The van der Waals surface area contributed by atoms with Crippen molar-refractivity contribution in [3.8, 4) is 5.75 Å². The molecule has 0 spiro atoms. The first kappa shape index (κ1) is 13.5. The third-order valence-corrected chi connectivity index (χ3v) is 2.42. The molecule has 1 aromatic carbocycles.